The third-order valence-electron chi connectivity index (χ3n) is 4.77. The van der Waals surface area contributed by atoms with Gasteiger partial charge in [0, 0.05) is 17.2 Å². The van der Waals surface area contributed by atoms with E-state index in [0.717, 1.165) is 16.9 Å². The molecule has 0 fully saturated rings. The SMILES string of the molecule is C=CCc1cc(C=CC(=O)c2ccc(OC(=O)C(C)(C)C)cc2)c(OC(C)(C)C)cc1OC(C)(C)C. The first-order chi connectivity index (χ1) is 16.5. The number of hydrogen-bond acceptors (Lipinski definition) is 5. The highest BCUT2D eigenvalue weighted by Gasteiger charge is 2.24. The molecule has 2 rings (SSSR count). The fraction of sp³-hybridized carbons (Fsp3) is 0.419. The molecule has 5 nitrogen and oxygen atoms in total. The van der Waals surface area contributed by atoms with Gasteiger partial charge in [0.25, 0.3) is 0 Å². The van der Waals surface area contributed by atoms with Crippen LogP contribution >= 0.6 is 0 Å². The van der Waals surface area contributed by atoms with Crippen molar-refractivity contribution in [1.82, 2.24) is 0 Å². The summed E-state index contributed by atoms with van der Waals surface area (Å²) in [4.78, 5) is 25.0. The van der Waals surface area contributed by atoms with Crippen LogP contribution in [0.3, 0.4) is 0 Å². The van der Waals surface area contributed by atoms with E-state index in [1.807, 2.05) is 59.8 Å². The summed E-state index contributed by atoms with van der Waals surface area (Å²) in [7, 11) is 0. The summed E-state index contributed by atoms with van der Waals surface area (Å²) in [6.45, 7) is 21.1. The summed E-state index contributed by atoms with van der Waals surface area (Å²) >= 11 is 0. The first kappa shape index (κ1) is 28.9. The Morgan fingerprint density at radius 3 is 1.89 bits per heavy atom. The quantitative estimate of drug-likeness (QED) is 0.125. The van der Waals surface area contributed by atoms with E-state index in [1.54, 1.807) is 51.1 Å². The smallest absolute Gasteiger partial charge is 0.316 e. The van der Waals surface area contributed by atoms with Gasteiger partial charge in [-0.15, -0.1) is 6.58 Å². The Bertz CT molecular complexity index is 1120. The molecule has 0 aliphatic carbocycles. The highest BCUT2D eigenvalue weighted by Crippen LogP contribution is 2.35. The lowest BCUT2D eigenvalue weighted by Crippen LogP contribution is -2.25. The predicted molar refractivity (Wildman–Crippen MR) is 146 cm³/mol. The van der Waals surface area contributed by atoms with Crippen LogP contribution in [-0.4, -0.2) is 23.0 Å². The van der Waals surface area contributed by atoms with Gasteiger partial charge in [-0.05, 0) is 117 Å². The van der Waals surface area contributed by atoms with Gasteiger partial charge in [0.15, 0.2) is 5.78 Å². The van der Waals surface area contributed by atoms with E-state index in [2.05, 4.69) is 6.58 Å². The molecule has 2 aromatic carbocycles. The Morgan fingerprint density at radius 1 is 0.833 bits per heavy atom. The second-order valence-corrected chi connectivity index (χ2v) is 11.8. The molecule has 0 spiro atoms. The Labute approximate surface area is 216 Å². The van der Waals surface area contributed by atoms with E-state index in [1.165, 1.54) is 6.08 Å². The largest absolute Gasteiger partial charge is 0.488 e. The topological polar surface area (TPSA) is 61.8 Å². The molecule has 0 saturated carbocycles. The van der Waals surface area contributed by atoms with Gasteiger partial charge >= 0.3 is 5.97 Å². The minimum absolute atomic E-state index is 0.175. The minimum atomic E-state index is -0.609. The van der Waals surface area contributed by atoms with Crippen LogP contribution in [0.5, 0.6) is 17.2 Å². The molecule has 0 heterocycles. The molecule has 2 aromatic rings. The number of esters is 1. The number of benzene rings is 2. The molecular formula is C31H40O5. The average molecular weight is 493 g/mol. The van der Waals surface area contributed by atoms with E-state index in [0.29, 0.717) is 23.5 Å². The van der Waals surface area contributed by atoms with Gasteiger partial charge in [0.2, 0.25) is 0 Å². The summed E-state index contributed by atoms with van der Waals surface area (Å²) in [6, 6.07) is 10.4. The fourth-order valence-electron chi connectivity index (χ4n) is 3.12. The molecule has 0 N–H and O–H groups in total. The van der Waals surface area contributed by atoms with Gasteiger partial charge in [-0.2, -0.15) is 0 Å². The standard InChI is InChI=1S/C31H40O5/c1-11-12-22-19-23(27(36-31(8,9)10)20-26(22)35-30(5,6)7)15-18-25(32)21-13-16-24(17-14-21)34-28(33)29(2,3)4/h11,13-20H,1,12H2,2-10H3. The van der Waals surface area contributed by atoms with Crippen molar-refractivity contribution in [2.45, 2.75) is 79.9 Å². The maximum atomic E-state index is 12.9. The maximum absolute atomic E-state index is 12.9. The summed E-state index contributed by atoms with van der Waals surface area (Å²) in [6.07, 6.45) is 5.71. The van der Waals surface area contributed by atoms with E-state index in [9.17, 15) is 9.59 Å². The Kier molecular flexibility index (Phi) is 8.95. The molecular weight excluding hydrogens is 452 g/mol. The van der Waals surface area contributed by atoms with Crippen LogP contribution in [0.2, 0.25) is 0 Å². The zero-order chi connectivity index (χ0) is 27.3. The van der Waals surface area contributed by atoms with Crippen LogP contribution in [0, 0.1) is 5.41 Å². The van der Waals surface area contributed by atoms with Gasteiger partial charge in [0.05, 0.1) is 5.41 Å². The number of allylic oxidation sites excluding steroid dienone is 2. The van der Waals surface area contributed by atoms with E-state index >= 15 is 0 Å². The minimum Gasteiger partial charge on any atom is -0.488 e. The van der Waals surface area contributed by atoms with E-state index in [-0.39, 0.29) is 17.4 Å². The van der Waals surface area contributed by atoms with Crippen molar-refractivity contribution in [1.29, 1.82) is 0 Å². The van der Waals surface area contributed by atoms with Crippen LogP contribution < -0.4 is 14.2 Å². The number of ether oxygens (including phenoxy) is 3. The van der Waals surface area contributed by atoms with Crippen molar-refractivity contribution in [3.63, 3.8) is 0 Å². The molecule has 0 atom stereocenters. The third-order valence-corrected chi connectivity index (χ3v) is 4.77. The molecule has 0 aliphatic rings. The number of ketones is 1. The van der Waals surface area contributed by atoms with Crippen LogP contribution in [0.25, 0.3) is 6.08 Å². The highest BCUT2D eigenvalue weighted by molar-refractivity contribution is 6.07. The average Bonchev–Trinajstić information content (AvgIpc) is 2.72. The predicted octanol–water partition coefficient (Wildman–Crippen LogP) is 7.62. The van der Waals surface area contributed by atoms with Crippen molar-refractivity contribution in [3.8, 4) is 17.2 Å². The third kappa shape index (κ3) is 9.03. The summed E-state index contributed by atoms with van der Waals surface area (Å²) in [5.41, 5.74) is 0.785. The maximum Gasteiger partial charge on any atom is 0.316 e. The summed E-state index contributed by atoms with van der Waals surface area (Å²) in [5, 5.41) is 0. The fourth-order valence-corrected chi connectivity index (χ4v) is 3.12. The van der Waals surface area contributed by atoms with Crippen molar-refractivity contribution in [2.24, 2.45) is 5.41 Å². The van der Waals surface area contributed by atoms with Gasteiger partial charge in [0.1, 0.15) is 28.5 Å². The second kappa shape index (κ2) is 11.2. The monoisotopic (exact) mass is 492 g/mol. The van der Waals surface area contributed by atoms with Gasteiger partial charge < -0.3 is 14.2 Å². The first-order valence-corrected chi connectivity index (χ1v) is 12.2. The van der Waals surface area contributed by atoms with E-state index < -0.39 is 11.0 Å². The molecule has 0 aliphatic heterocycles. The van der Waals surface area contributed by atoms with Crippen molar-refractivity contribution in [3.05, 3.63) is 71.8 Å². The Morgan fingerprint density at radius 2 is 1.39 bits per heavy atom. The normalized spacial score (nSPS) is 12.4. The van der Waals surface area contributed by atoms with Crippen LogP contribution in [0.4, 0.5) is 0 Å². The number of rotatable bonds is 8. The molecule has 36 heavy (non-hydrogen) atoms. The molecule has 0 unspecified atom stereocenters. The highest BCUT2D eigenvalue weighted by atomic mass is 16.5. The van der Waals surface area contributed by atoms with Crippen LogP contribution in [0.15, 0.2) is 55.1 Å². The van der Waals surface area contributed by atoms with Crippen LogP contribution in [0.1, 0.15) is 83.8 Å². The van der Waals surface area contributed by atoms with Gasteiger partial charge in [-0.25, -0.2) is 0 Å². The van der Waals surface area contributed by atoms with Crippen molar-refractivity contribution < 1.29 is 23.8 Å². The lowest BCUT2D eigenvalue weighted by atomic mass is 9.97. The number of carbonyl (C=O) groups is 2. The summed E-state index contributed by atoms with van der Waals surface area (Å²) < 4.78 is 17.8. The molecule has 0 aromatic heterocycles. The Balaban J connectivity index is 2.36. The molecule has 0 saturated heterocycles. The van der Waals surface area contributed by atoms with Crippen molar-refractivity contribution >= 4 is 17.8 Å². The lowest BCUT2D eigenvalue weighted by molar-refractivity contribution is -0.143. The van der Waals surface area contributed by atoms with Crippen LogP contribution in [-0.2, 0) is 11.2 Å². The van der Waals surface area contributed by atoms with Gasteiger partial charge in [-0.3, -0.25) is 9.59 Å². The summed E-state index contributed by atoms with van der Waals surface area (Å²) in [5.74, 6) is 1.25. The molecule has 0 radical (unpaired) electrons. The molecule has 194 valence electrons. The number of carbonyl (C=O) groups excluding carboxylic acids is 2. The number of hydrogen-bond donors (Lipinski definition) is 0. The van der Waals surface area contributed by atoms with E-state index in [4.69, 9.17) is 14.2 Å². The van der Waals surface area contributed by atoms with Gasteiger partial charge in [-0.1, -0.05) is 6.08 Å². The molecule has 0 bridgehead atoms. The first-order valence-electron chi connectivity index (χ1n) is 12.2. The zero-order valence-corrected chi connectivity index (χ0v) is 23.2. The Hall–Kier alpha value is -3.34. The molecule has 0 amide bonds. The second-order valence-electron chi connectivity index (χ2n) is 11.8. The zero-order valence-electron chi connectivity index (χ0n) is 23.2. The lowest BCUT2D eigenvalue weighted by Gasteiger charge is -2.27. The van der Waals surface area contributed by atoms with Crippen molar-refractivity contribution in [2.75, 3.05) is 0 Å². The molecule has 5 heteroatoms.